The molecule has 3 aromatic carbocycles. The summed E-state index contributed by atoms with van der Waals surface area (Å²) in [7, 11) is 0. The number of halogens is 3. The number of fused-ring (bicyclic) bond motifs is 1. The van der Waals surface area contributed by atoms with Gasteiger partial charge in [-0.05, 0) is 61.4 Å². The van der Waals surface area contributed by atoms with Gasteiger partial charge in [-0.15, -0.1) is 13.2 Å². The highest BCUT2D eigenvalue weighted by molar-refractivity contribution is 8.15. The molecule has 41 heavy (non-hydrogen) atoms. The van der Waals surface area contributed by atoms with Crippen LogP contribution in [-0.2, 0) is 4.79 Å². The number of carbonyl (C=O) groups excluding carboxylic acids is 1. The number of amidine groups is 1. The first-order valence-corrected chi connectivity index (χ1v) is 13.4. The molecule has 6 rings (SSSR count). The van der Waals surface area contributed by atoms with Crippen molar-refractivity contribution in [2.45, 2.75) is 20.2 Å². The number of imidazole rings is 1. The summed E-state index contributed by atoms with van der Waals surface area (Å²) < 4.78 is 42.9. The molecule has 5 aromatic rings. The van der Waals surface area contributed by atoms with Gasteiger partial charge >= 0.3 is 6.36 Å². The number of thioether (sulfide) groups is 1. The van der Waals surface area contributed by atoms with Gasteiger partial charge in [0.1, 0.15) is 5.75 Å². The van der Waals surface area contributed by atoms with Crippen LogP contribution in [-0.4, -0.2) is 42.7 Å². The lowest BCUT2D eigenvalue weighted by Crippen LogP contribution is -2.30. The molecule has 0 bridgehead atoms. The number of hydrogen-bond acceptors (Lipinski definition) is 7. The molecule has 1 amide bonds. The van der Waals surface area contributed by atoms with Crippen LogP contribution in [0, 0.1) is 13.8 Å². The molecule has 0 atom stereocenters. The Balaban J connectivity index is 1.25. The normalized spacial score (nSPS) is 14.8. The monoisotopic (exact) mass is 574 g/mol. The van der Waals surface area contributed by atoms with Crippen molar-refractivity contribution in [1.29, 1.82) is 0 Å². The van der Waals surface area contributed by atoms with Crippen LogP contribution in [0.5, 0.6) is 5.75 Å². The largest absolute Gasteiger partial charge is 0.573 e. The van der Waals surface area contributed by atoms with Gasteiger partial charge in [-0.1, -0.05) is 36.0 Å². The topological polar surface area (TPSA) is 85.5 Å². The van der Waals surface area contributed by atoms with Crippen LogP contribution in [0.25, 0.3) is 27.8 Å². The highest BCUT2D eigenvalue weighted by Crippen LogP contribution is 2.33. The highest BCUT2D eigenvalue weighted by Gasteiger charge is 2.32. The van der Waals surface area contributed by atoms with Crippen molar-refractivity contribution in [2.75, 3.05) is 10.7 Å². The molecule has 1 aliphatic heterocycles. The molecule has 2 aromatic heterocycles. The van der Waals surface area contributed by atoms with Gasteiger partial charge in [0.2, 0.25) is 5.91 Å². The Kier molecular flexibility index (Phi) is 6.70. The predicted octanol–water partition coefficient (Wildman–Crippen LogP) is 6.77. The number of hydrogen-bond donors (Lipinski definition) is 0. The zero-order chi connectivity index (χ0) is 28.7. The number of para-hydroxylation sites is 1. The summed E-state index contributed by atoms with van der Waals surface area (Å²) in [6.45, 7) is 3.93. The van der Waals surface area contributed by atoms with E-state index >= 15 is 0 Å². The summed E-state index contributed by atoms with van der Waals surface area (Å²) in [4.78, 5) is 32.5. The van der Waals surface area contributed by atoms with E-state index in [4.69, 9.17) is 0 Å². The maximum Gasteiger partial charge on any atom is 0.573 e. The molecule has 3 heterocycles. The number of benzene rings is 3. The lowest BCUT2D eigenvalue weighted by Gasteiger charge is -2.20. The molecule has 0 saturated carbocycles. The molecule has 0 radical (unpaired) electrons. The third kappa shape index (κ3) is 5.50. The van der Waals surface area contributed by atoms with Gasteiger partial charge in [-0.3, -0.25) is 9.69 Å². The van der Waals surface area contributed by atoms with Crippen LogP contribution in [0.3, 0.4) is 0 Å². The molecule has 12 heteroatoms. The zero-order valence-electron chi connectivity index (χ0n) is 21.8. The number of amides is 1. The van der Waals surface area contributed by atoms with E-state index in [0.717, 1.165) is 27.8 Å². The van der Waals surface area contributed by atoms with Crippen molar-refractivity contribution in [1.82, 2.24) is 19.5 Å². The molecule has 0 unspecified atom stereocenters. The van der Waals surface area contributed by atoms with Gasteiger partial charge in [-0.25, -0.2) is 15.0 Å². The maximum absolute atomic E-state index is 12.8. The summed E-state index contributed by atoms with van der Waals surface area (Å²) >= 11 is 1.35. The van der Waals surface area contributed by atoms with E-state index in [2.05, 4.69) is 24.7 Å². The zero-order valence-corrected chi connectivity index (χ0v) is 22.6. The summed E-state index contributed by atoms with van der Waals surface area (Å²) in [5.41, 5.74) is 5.58. The number of rotatable bonds is 5. The molecular formula is C29H21F3N6O2S. The molecule has 1 fully saturated rings. The van der Waals surface area contributed by atoms with Crippen LogP contribution >= 0.6 is 11.8 Å². The fourth-order valence-electron chi connectivity index (χ4n) is 4.58. The van der Waals surface area contributed by atoms with Gasteiger partial charge in [0, 0.05) is 29.0 Å². The lowest BCUT2D eigenvalue weighted by molar-refractivity contribution is -0.274. The van der Waals surface area contributed by atoms with Gasteiger partial charge in [0.25, 0.3) is 5.95 Å². The van der Waals surface area contributed by atoms with Crippen molar-refractivity contribution in [3.8, 4) is 22.7 Å². The Morgan fingerprint density at radius 1 is 1.00 bits per heavy atom. The summed E-state index contributed by atoms with van der Waals surface area (Å²) in [6, 6.07) is 17.0. The van der Waals surface area contributed by atoms with Crippen LogP contribution in [0.1, 0.15) is 11.1 Å². The van der Waals surface area contributed by atoms with E-state index in [1.54, 1.807) is 28.2 Å². The fraction of sp³-hybridized carbons (Fsp3) is 0.138. The number of aromatic nitrogens is 4. The number of carbonyl (C=O) groups is 1. The molecule has 206 valence electrons. The lowest BCUT2D eigenvalue weighted by atomic mass is 10.1. The van der Waals surface area contributed by atoms with Crippen molar-refractivity contribution in [2.24, 2.45) is 4.99 Å². The smallest absolute Gasteiger partial charge is 0.406 e. The molecule has 0 aliphatic carbocycles. The van der Waals surface area contributed by atoms with E-state index < -0.39 is 6.36 Å². The second kappa shape index (κ2) is 10.4. The number of aryl methyl sites for hydroxylation is 2. The molecule has 1 aliphatic rings. The number of aliphatic imine (C=N–C) groups is 1. The quantitative estimate of drug-likeness (QED) is 0.230. The van der Waals surface area contributed by atoms with E-state index in [1.807, 2.05) is 50.2 Å². The molecule has 8 nitrogen and oxygen atoms in total. The van der Waals surface area contributed by atoms with E-state index in [-0.39, 0.29) is 17.6 Å². The van der Waals surface area contributed by atoms with Crippen molar-refractivity contribution >= 4 is 45.4 Å². The van der Waals surface area contributed by atoms with Crippen molar-refractivity contribution in [3.63, 3.8) is 0 Å². The van der Waals surface area contributed by atoms with Crippen LogP contribution in [0.15, 0.2) is 84.4 Å². The third-order valence-electron chi connectivity index (χ3n) is 6.44. The van der Waals surface area contributed by atoms with Gasteiger partial charge in [0.15, 0.2) is 5.17 Å². The predicted molar refractivity (Wildman–Crippen MR) is 152 cm³/mol. The Labute approximate surface area is 236 Å². The third-order valence-corrected chi connectivity index (χ3v) is 7.36. The first-order valence-electron chi connectivity index (χ1n) is 12.4. The first-order chi connectivity index (χ1) is 19.6. The van der Waals surface area contributed by atoms with Gasteiger partial charge in [0.05, 0.1) is 29.0 Å². The summed E-state index contributed by atoms with van der Waals surface area (Å²) in [5.74, 6) is 0.209. The minimum absolute atomic E-state index is 0.0402. The van der Waals surface area contributed by atoms with Crippen LogP contribution in [0.4, 0.5) is 24.8 Å². The summed E-state index contributed by atoms with van der Waals surface area (Å²) in [6.07, 6.45) is 0.286. The number of ether oxygens (including phenoxy) is 1. The molecule has 0 N–H and O–H groups in total. The number of nitrogens with zero attached hydrogens (tertiary/aromatic N) is 6. The number of alkyl halides is 3. The minimum atomic E-state index is -4.74. The second-order valence-corrected chi connectivity index (χ2v) is 10.2. The maximum atomic E-state index is 12.8. The van der Waals surface area contributed by atoms with E-state index in [0.29, 0.717) is 27.8 Å². The fourth-order valence-corrected chi connectivity index (χ4v) is 5.43. The average molecular weight is 575 g/mol. The average Bonchev–Trinajstić information content (AvgIpc) is 3.56. The Morgan fingerprint density at radius 3 is 2.49 bits per heavy atom. The van der Waals surface area contributed by atoms with E-state index in [9.17, 15) is 18.0 Å². The van der Waals surface area contributed by atoms with E-state index in [1.165, 1.54) is 36.0 Å². The Morgan fingerprint density at radius 2 is 1.76 bits per heavy atom. The highest BCUT2D eigenvalue weighted by atomic mass is 32.2. The molecule has 0 spiro atoms. The number of anilines is 1. The standard InChI is InChI=1S/C29H21F3N6O2S/c1-17-4-3-5-18(2)26(17)38-25(39)15-41-28(38)36-27-33-13-20-12-19(6-11-23(20)35-27)24-14-37(16-34-24)21-7-9-22(10-8-21)40-29(30,31)32/h3-14,16H,15H2,1-2H3. The van der Waals surface area contributed by atoms with Gasteiger partial charge < -0.3 is 9.30 Å². The van der Waals surface area contributed by atoms with Crippen LogP contribution in [0.2, 0.25) is 0 Å². The van der Waals surface area contributed by atoms with Crippen LogP contribution < -0.4 is 9.64 Å². The minimum Gasteiger partial charge on any atom is -0.406 e. The first kappa shape index (κ1) is 26.5. The SMILES string of the molecule is Cc1cccc(C)c1N1C(=O)CSC1=Nc1ncc2cc(-c3cn(-c4ccc(OC(F)(F)F)cc4)cn3)ccc2n1. The van der Waals surface area contributed by atoms with Gasteiger partial charge in [-0.2, -0.15) is 4.99 Å². The summed E-state index contributed by atoms with van der Waals surface area (Å²) in [5, 5.41) is 1.31. The molecular weight excluding hydrogens is 553 g/mol. The Bertz CT molecular complexity index is 1800. The van der Waals surface area contributed by atoms with Crippen molar-refractivity contribution < 1.29 is 22.7 Å². The Hall–Kier alpha value is -4.71. The molecule has 1 saturated heterocycles. The van der Waals surface area contributed by atoms with Crippen molar-refractivity contribution in [3.05, 3.63) is 90.5 Å². The second-order valence-electron chi connectivity index (χ2n) is 9.30.